The van der Waals surface area contributed by atoms with Crippen LogP contribution in [0.25, 0.3) is 0 Å². The fraction of sp³-hybridized carbons (Fsp3) is 0.533. The first-order valence-corrected chi connectivity index (χ1v) is 7.06. The zero-order valence-electron chi connectivity index (χ0n) is 11.6. The summed E-state index contributed by atoms with van der Waals surface area (Å²) in [5, 5.41) is 3.27. The lowest BCUT2D eigenvalue weighted by Gasteiger charge is -2.43. The average Bonchev–Trinajstić information content (AvgIpc) is 2.76. The van der Waals surface area contributed by atoms with Crippen LogP contribution in [0, 0.1) is 11.6 Å². The molecule has 0 radical (unpaired) electrons. The summed E-state index contributed by atoms with van der Waals surface area (Å²) in [5.74, 6) is -0.0468. The molecule has 1 N–H and O–H groups in total. The van der Waals surface area contributed by atoms with Gasteiger partial charge in [-0.2, -0.15) is 0 Å². The number of rotatable bonds is 3. The van der Waals surface area contributed by atoms with E-state index >= 15 is 0 Å². The first kappa shape index (κ1) is 13.3. The topological polar surface area (TPSA) is 27.6 Å². The molecule has 1 aromatic carbocycles. The maximum atomic E-state index is 14.0. The third kappa shape index (κ3) is 2.15. The fourth-order valence-corrected chi connectivity index (χ4v) is 3.09. The lowest BCUT2D eigenvalue weighted by molar-refractivity contribution is 0.226. The predicted octanol–water partition coefficient (Wildman–Crippen LogP) is 2.28. The first-order valence-electron chi connectivity index (χ1n) is 7.06. The minimum Gasteiger partial charge on any atom is -0.355 e. The highest BCUT2D eigenvalue weighted by Crippen LogP contribution is 2.45. The molecule has 0 aromatic heterocycles. The third-order valence-corrected chi connectivity index (χ3v) is 4.45. The summed E-state index contributed by atoms with van der Waals surface area (Å²) in [7, 11) is 1.97. The SMILES string of the molecule is CN1CCN=C1NCC1(c2c(F)cccc2F)CCC1. The number of likely N-dealkylation sites (N-methyl/N-ethyl adjacent to an activating group) is 1. The van der Waals surface area contributed by atoms with E-state index in [1.54, 1.807) is 0 Å². The van der Waals surface area contributed by atoms with E-state index in [0.29, 0.717) is 6.54 Å². The van der Waals surface area contributed by atoms with Gasteiger partial charge in [0.05, 0.1) is 6.54 Å². The third-order valence-electron chi connectivity index (χ3n) is 4.45. The summed E-state index contributed by atoms with van der Waals surface area (Å²) in [5.41, 5.74) is -0.193. The van der Waals surface area contributed by atoms with Crippen molar-refractivity contribution in [3.63, 3.8) is 0 Å². The number of aliphatic imine (C=N–C) groups is 1. The zero-order valence-corrected chi connectivity index (χ0v) is 11.6. The van der Waals surface area contributed by atoms with E-state index in [1.807, 2.05) is 11.9 Å². The largest absolute Gasteiger partial charge is 0.355 e. The Morgan fingerprint density at radius 3 is 2.50 bits per heavy atom. The van der Waals surface area contributed by atoms with Gasteiger partial charge in [-0.1, -0.05) is 12.5 Å². The number of guanidine groups is 1. The maximum Gasteiger partial charge on any atom is 0.193 e. The minimum atomic E-state index is -0.437. The summed E-state index contributed by atoms with van der Waals surface area (Å²) < 4.78 is 28.1. The number of hydrogen-bond donors (Lipinski definition) is 1. The molecule has 0 bridgehead atoms. The van der Waals surface area contributed by atoms with Crippen molar-refractivity contribution in [1.82, 2.24) is 10.2 Å². The van der Waals surface area contributed by atoms with Crippen molar-refractivity contribution >= 4 is 5.96 Å². The van der Waals surface area contributed by atoms with Crippen LogP contribution in [-0.4, -0.2) is 37.5 Å². The summed E-state index contributed by atoms with van der Waals surface area (Å²) in [6.45, 7) is 2.21. The maximum absolute atomic E-state index is 14.0. The second-order valence-electron chi connectivity index (χ2n) is 5.71. The average molecular weight is 279 g/mol. The molecule has 0 spiro atoms. The van der Waals surface area contributed by atoms with Crippen LogP contribution in [0.2, 0.25) is 0 Å². The highest BCUT2D eigenvalue weighted by Gasteiger charge is 2.42. The van der Waals surface area contributed by atoms with Gasteiger partial charge in [-0.05, 0) is 25.0 Å². The molecule has 0 unspecified atom stereocenters. The van der Waals surface area contributed by atoms with Crippen molar-refractivity contribution in [3.8, 4) is 0 Å². The lowest BCUT2D eigenvalue weighted by atomic mass is 9.64. The van der Waals surface area contributed by atoms with E-state index in [1.165, 1.54) is 18.2 Å². The van der Waals surface area contributed by atoms with Crippen LogP contribution >= 0.6 is 0 Å². The molecule has 1 heterocycles. The number of benzene rings is 1. The Balaban J connectivity index is 1.81. The normalized spacial score (nSPS) is 20.6. The number of nitrogens with zero attached hydrogens (tertiary/aromatic N) is 2. The molecule has 3 nitrogen and oxygen atoms in total. The Bertz CT molecular complexity index is 518. The van der Waals surface area contributed by atoms with Gasteiger partial charge >= 0.3 is 0 Å². The molecule has 0 saturated heterocycles. The molecule has 20 heavy (non-hydrogen) atoms. The minimum absolute atomic E-state index is 0.236. The quantitative estimate of drug-likeness (QED) is 0.919. The van der Waals surface area contributed by atoms with Gasteiger partial charge in [-0.3, -0.25) is 4.99 Å². The molecule has 108 valence electrons. The Hall–Kier alpha value is -1.65. The highest BCUT2D eigenvalue weighted by atomic mass is 19.1. The Labute approximate surface area is 117 Å². The van der Waals surface area contributed by atoms with Gasteiger partial charge in [0.2, 0.25) is 0 Å². The van der Waals surface area contributed by atoms with Gasteiger partial charge < -0.3 is 10.2 Å². The van der Waals surface area contributed by atoms with Crippen LogP contribution in [0.15, 0.2) is 23.2 Å². The number of hydrogen-bond acceptors (Lipinski definition) is 3. The lowest BCUT2D eigenvalue weighted by Crippen LogP contribution is -2.49. The summed E-state index contributed by atoms with van der Waals surface area (Å²) in [4.78, 5) is 6.39. The van der Waals surface area contributed by atoms with Crippen molar-refractivity contribution in [2.24, 2.45) is 4.99 Å². The molecule has 2 aliphatic rings. The Kier molecular flexibility index (Phi) is 3.36. The zero-order chi connectivity index (χ0) is 14.2. The van der Waals surface area contributed by atoms with Crippen LogP contribution in [0.5, 0.6) is 0 Å². The standard InChI is InChI=1S/C15H19F2N3/c1-20-9-8-18-14(20)19-10-15(6-3-7-15)13-11(16)4-2-5-12(13)17/h2,4-5H,3,6-10H2,1H3,(H,18,19). The van der Waals surface area contributed by atoms with Crippen molar-refractivity contribution in [3.05, 3.63) is 35.4 Å². The van der Waals surface area contributed by atoms with Crippen LogP contribution in [0.3, 0.4) is 0 Å². The summed E-state index contributed by atoms with van der Waals surface area (Å²) in [6, 6.07) is 4.11. The molecule has 1 aromatic rings. The van der Waals surface area contributed by atoms with Crippen molar-refractivity contribution in [2.75, 3.05) is 26.7 Å². The van der Waals surface area contributed by atoms with E-state index in [2.05, 4.69) is 10.3 Å². The van der Waals surface area contributed by atoms with E-state index in [-0.39, 0.29) is 5.56 Å². The molecule has 1 aliphatic carbocycles. The molecule has 1 fully saturated rings. The van der Waals surface area contributed by atoms with Crippen LogP contribution in [0.1, 0.15) is 24.8 Å². The van der Waals surface area contributed by atoms with E-state index < -0.39 is 17.0 Å². The molecule has 0 atom stereocenters. The molecule has 1 aliphatic heterocycles. The Morgan fingerprint density at radius 2 is 2.00 bits per heavy atom. The smallest absolute Gasteiger partial charge is 0.193 e. The van der Waals surface area contributed by atoms with Crippen molar-refractivity contribution < 1.29 is 8.78 Å². The molecule has 5 heteroatoms. The second kappa shape index (κ2) is 5.04. The molecular weight excluding hydrogens is 260 g/mol. The molecule has 0 amide bonds. The second-order valence-corrected chi connectivity index (χ2v) is 5.71. The molecular formula is C15H19F2N3. The molecule has 3 rings (SSSR count). The van der Waals surface area contributed by atoms with E-state index in [0.717, 1.165) is 38.3 Å². The first-order chi connectivity index (χ1) is 9.62. The van der Waals surface area contributed by atoms with Gasteiger partial charge in [-0.25, -0.2) is 8.78 Å². The van der Waals surface area contributed by atoms with Crippen LogP contribution in [0.4, 0.5) is 8.78 Å². The predicted molar refractivity (Wildman–Crippen MR) is 74.8 cm³/mol. The van der Waals surface area contributed by atoms with Gasteiger partial charge in [0.15, 0.2) is 5.96 Å². The van der Waals surface area contributed by atoms with E-state index in [9.17, 15) is 8.78 Å². The monoisotopic (exact) mass is 279 g/mol. The van der Waals surface area contributed by atoms with Gasteiger partial charge in [-0.15, -0.1) is 0 Å². The van der Waals surface area contributed by atoms with Crippen molar-refractivity contribution in [2.45, 2.75) is 24.7 Å². The van der Waals surface area contributed by atoms with Crippen molar-refractivity contribution in [1.29, 1.82) is 0 Å². The van der Waals surface area contributed by atoms with Crippen LogP contribution in [-0.2, 0) is 5.41 Å². The summed E-state index contributed by atoms with van der Waals surface area (Å²) in [6.07, 6.45) is 2.64. The number of halogens is 2. The van der Waals surface area contributed by atoms with Gasteiger partial charge in [0.25, 0.3) is 0 Å². The Morgan fingerprint density at radius 1 is 1.30 bits per heavy atom. The number of nitrogens with one attached hydrogen (secondary N) is 1. The highest BCUT2D eigenvalue weighted by molar-refractivity contribution is 5.81. The fourth-order valence-electron chi connectivity index (χ4n) is 3.09. The van der Waals surface area contributed by atoms with Gasteiger partial charge in [0, 0.05) is 31.1 Å². The summed E-state index contributed by atoms with van der Waals surface area (Å²) >= 11 is 0. The molecule has 1 saturated carbocycles. The van der Waals surface area contributed by atoms with Gasteiger partial charge in [0.1, 0.15) is 11.6 Å². The van der Waals surface area contributed by atoms with Crippen LogP contribution < -0.4 is 5.32 Å². The van der Waals surface area contributed by atoms with E-state index in [4.69, 9.17) is 0 Å².